The summed E-state index contributed by atoms with van der Waals surface area (Å²) in [5.74, 6) is 1.12. The highest BCUT2D eigenvalue weighted by Gasteiger charge is 2.19. The van der Waals surface area contributed by atoms with Crippen LogP contribution in [0.15, 0.2) is 10.9 Å². The van der Waals surface area contributed by atoms with E-state index in [2.05, 4.69) is 29.1 Å². The van der Waals surface area contributed by atoms with Crippen molar-refractivity contribution in [1.29, 1.82) is 0 Å². The Morgan fingerprint density at radius 1 is 1.53 bits per heavy atom. The molecular formula is C13H21N3O3. The largest absolute Gasteiger partial charge is 0.376 e. The first-order valence-corrected chi connectivity index (χ1v) is 6.65. The van der Waals surface area contributed by atoms with Crippen LogP contribution >= 0.6 is 0 Å². The summed E-state index contributed by atoms with van der Waals surface area (Å²) in [6.45, 7) is 7.32. The van der Waals surface area contributed by atoms with Gasteiger partial charge in [-0.1, -0.05) is 13.8 Å². The van der Waals surface area contributed by atoms with Crippen molar-refractivity contribution in [3.05, 3.63) is 27.9 Å². The average molecular weight is 267 g/mol. The number of ether oxygens (including phenoxy) is 2. The summed E-state index contributed by atoms with van der Waals surface area (Å²) in [6.07, 6.45) is -0.272. The second kappa shape index (κ2) is 6.79. The molecule has 2 rings (SSSR count). The van der Waals surface area contributed by atoms with Crippen LogP contribution in [0, 0.1) is 5.92 Å². The Morgan fingerprint density at radius 3 is 3.05 bits per heavy atom. The van der Waals surface area contributed by atoms with Crippen molar-refractivity contribution in [3.8, 4) is 0 Å². The zero-order valence-corrected chi connectivity index (χ0v) is 11.4. The van der Waals surface area contributed by atoms with Gasteiger partial charge < -0.3 is 19.8 Å². The number of aromatic nitrogens is 2. The fraction of sp³-hybridized carbons (Fsp3) is 0.692. The highest BCUT2D eigenvalue weighted by atomic mass is 16.6. The quantitative estimate of drug-likeness (QED) is 0.817. The van der Waals surface area contributed by atoms with Crippen molar-refractivity contribution in [2.24, 2.45) is 5.92 Å². The molecule has 1 unspecified atom stereocenters. The number of nitrogens with zero attached hydrogens (tertiary/aromatic N) is 1. The highest BCUT2D eigenvalue weighted by molar-refractivity contribution is 5.05. The smallest absolute Gasteiger partial charge is 0.251 e. The van der Waals surface area contributed by atoms with Crippen molar-refractivity contribution in [3.63, 3.8) is 0 Å². The van der Waals surface area contributed by atoms with Crippen LogP contribution < -0.4 is 10.9 Å². The second-order valence-electron chi connectivity index (χ2n) is 5.08. The van der Waals surface area contributed by atoms with E-state index in [4.69, 9.17) is 9.47 Å². The number of H-pyrrole nitrogens is 1. The van der Waals surface area contributed by atoms with Crippen LogP contribution in [0.4, 0.5) is 0 Å². The number of aromatic amines is 1. The lowest BCUT2D eigenvalue weighted by molar-refractivity contribution is -0.0936. The van der Waals surface area contributed by atoms with E-state index in [1.165, 1.54) is 6.07 Å². The lowest BCUT2D eigenvalue weighted by Gasteiger charge is -2.22. The lowest BCUT2D eigenvalue weighted by Crippen LogP contribution is -2.27. The minimum absolute atomic E-state index is 0.152. The molecular weight excluding hydrogens is 246 g/mol. The standard InChI is InChI=1S/C13H21N3O3/c1-9(2)6-14-7-10-5-12(17)16-13(15-10)11-8-18-3-4-19-11/h5,9,11,14H,3-4,6-8H2,1-2H3,(H,15,16,17). The highest BCUT2D eigenvalue weighted by Crippen LogP contribution is 2.15. The van der Waals surface area contributed by atoms with Crippen molar-refractivity contribution < 1.29 is 9.47 Å². The van der Waals surface area contributed by atoms with Crippen molar-refractivity contribution >= 4 is 0 Å². The molecule has 2 N–H and O–H groups in total. The minimum atomic E-state index is -0.272. The summed E-state index contributed by atoms with van der Waals surface area (Å²) in [4.78, 5) is 18.8. The molecule has 6 heteroatoms. The zero-order chi connectivity index (χ0) is 13.7. The van der Waals surface area contributed by atoms with Gasteiger partial charge in [-0.05, 0) is 12.5 Å². The molecule has 106 valence electrons. The Labute approximate surface area is 112 Å². The first kappa shape index (κ1) is 14.2. The van der Waals surface area contributed by atoms with Crippen LogP contribution in [0.3, 0.4) is 0 Å². The summed E-state index contributed by atoms with van der Waals surface area (Å²) < 4.78 is 10.9. The molecule has 0 amide bonds. The van der Waals surface area contributed by atoms with E-state index >= 15 is 0 Å². The number of rotatable bonds is 5. The molecule has 19 heavy (non-hydrogen) atoms. The summed E-state index contributed by atoms with van der Waals surface area (Å²) in [7, 11) is 0. The van der Waals surface area contributed by atoms with Gasteiger partial charge in [0.2, 0.25) is 0 Å². The first-order valence-electron chi connectivity index (χ1n) is 6.65. The first-order chi connectivity index (χ1) is 9.15. The Bertz CT molecular complexity index is 453. The summed E-state index contributed by atoms with van der Waals surface area (Å²) in [5.41, 5.74) is 0.578. The Kier molecular flexibility index (Phi) is 5.07. The molecule has 1 saturated heterocycles. The van der Waals surface area contributed by atoms with Gasteiger partial charge >= 0.3 is 0 Å². The number of nitrogens with one attached hydrogen (secondary N) is 2. The predicted octanol–water partition coefficient (Wildman–Crippen LogP) is 0.603. The van der Waals surface area contributed by atoms with Gasteiger partial charge in [0.25, 0.3) is 5.56 Å². The van der Waals surface area contributed by atoms with E-state index in [0.717, 1.165) is 12.2 Å². The van der Waals surface area contributed by atoms with Gasteiger partial charge in [-0.2, -0.15) is 0 Å². The maximum atomic E-state index is 11.6. The Morgan fingerprint density at radius 2 is 2.37 bits per heavy atom. The van der Waals surface area contributed by atoms with Crippen LogP contribution in [0.25, 0.3) is 0 Å². The monoisotopic (exact) mass is 267 g/mol. The van der Waals surface area contributed by atoms with Crippen molar-refractivity contribution in [2.75, 3.05) is 26.4 Å². The van der Waals surface area contributed by atoms with Gasteiger partial charge in [-0.3, -0.25) is 4.79 Å². The van der Waals surface area contributed by atoms with Gasteiger partial charge in [0, 0.05) is 12.6 Å². The van der Waals surface area contributed by atoms with E-state index < -0.39 is 0 Å². The molecule has 0 aliphatic carbocycles. The molecule has 1 aromatic rings. The Hall–Kier alpha value is -1.24. The van der Waals surface area contributed by atoms with Gasteiger partial charge in [0.05, 0.1) is 25.5 Å². The number of hydrogen-bond donors (Lipinski definition) is 2. The van der Waals surface area contributed by atoms with E-state index in [0.29, 0.717) is 38.1 Å². The van der Waals surface area contributed by atoms with Gasteiger partial charge in [0.15, 0.2) is 0 Å². The molecule has 1 aliphatic rings. The van der Waals surface area contributed by atoms with Crippen molar-refractivity contribution in [1.82, 2.24) is 15.3 Å². The Balaban J connectivity index is 2.03. The van der Waals surface area contributed by atoms with Gasteiger partial charge in [-0.25, -0.2) is 4.98 Å². The summed E-state index contributed by atoms with van der Waals surface area (Å²) in [5, 5.41) is 3.27. The third kappa shape index (κ3) is 4.41. The minimum Gasteiger partial charge on any atom is -0.376 e. The zero-order valence-electron chi connectivity index (χ0n) is 11.4. The molecule has 6 nitrogen and oxygen atoms in total. The van der Waals surface area contributed by atoms with Crippen LogP contribution in [0.2, 0.25) is 0 Å². The third-order valence-corrected chi connectivity index (χ3v) is 2.79. The number of hydrogen-bond acceptors (Lipinski definition) is 5. The topological polar surface area (TPSA) is 76.2 Å². The fourth-order valence-electron chi connectivity index (χ4n) is 1.91. The molecule has 0 aromatic carbocycles. The maximum Gasteiger partial charge on any atom is 0.251 e. The van der Waals surface area contributed by atoms with E-state index in [1.54, 1.807) is 0 Å². The second-order valence-corrected chi connectivity index (χ2v) is 5.08. The molecule has 1 aromatic heterocycles. The fourth-order valence-corrected chi connectivity index (χ4v) is 1.91. The molecule has 1 fully saturated rings. The SMILES string of the molecule is CC(C)CNCc1cc(=O)[nH]c(C2COCCO2)n1. The van der Waals surface area contributed by atoms with E-state index in [1.807, 2.05) is 0 Å². The molecule has 2 heterocycles. The molecule has 0 bridgehead atoms. The molecule has 0 spiro atoms. The average Bonchev–Trinajstić information content (AvgIpc) is 2.39. The summed E-state index contributed by atoms with van der Waals surface area (Å²) in [6, 6.07) is 1.51. The summed E-state index contributed by atoms with van der Waals surface area (Å²) >= 11 is 0. The van der Waals surface area contributed by atoms with Gasteiger partial charge in [-0.15, -0.1) is 0 Å². The lowest BCUT2D eigenvalue weighted by atomic mass is 10.2. The third-order valence-electron chi connectivity index (χ3n) is 2.79. The molecule has 1 aliphatic heterocycles. The molecule has 0 saturated carbocycles. The maximum absolute atomic E-state index is 11.6. The van der Waals surface area contributed by atoms with Crippen LogP contribution in [0.1, 0.15) is 31.5 Å². The normalized spacial score (nSPS) is 19.8. The van der Waals surface area contributed by atoms with Gasteiger partial charge in [0.1, 0.15) is 11.9 Å². The van der Waals surface area contributed by atoms with Crippen LogP contribution in [0.5, 0.6) is 0 Å². The molecule has 0 radical (unpaired) electrons. The predicted molar refractivity (Wildman–Crippen MR) is 70.9 cm³/mol. The molecule has 1 atom stereocenters. The van der Waals surface area contributed by atoms with Crippen LogP contribution in [-0.4, -0.2) is 36.3 Å². The van der Waals surface area contributed by atoms with Crippen LogP contribution in [-0.2, 0) is 16.0 Å². The van der Waals surface area contributed by atoms with Crippen molar-refractivity contribution in [2.45, 2.75) is 26.5 Å². The van der Waals surface area contributed by atoms with E-state index in [9.17, 15) is 4.79 Å². The van der Waals surface area contributed by atoms with E-state index in [-0.39, 0.29) is 11.7 Å².